The van der Waals surface area contributed by atoms with Gasteiger partial charge in [-0.1, -0.05) is 50.0 Å². The number of hydrogen-bond donors (Lipinski definition) is 1. The second kappa shape index (κ2) is 8.38. The van der Waals surface area contributed by atoms with E-state index in [0.717, 1.165) is 36.4 Å². The summed E-state index contributed by atoms with van der Waals surface area (Å²) >= 11 is 12.4. The molecule has 0 amide bonds. The molecule has 0 saturated carbocycles. The van der Waals surface area contributed by atoms with Gasteiger partial charge in [-0.15, -0.1) is 0 Å². The highest BCUT2D eigenvalue weighted by Crippen LogP contribution is 2.30. The first-order valence-electron chi connectivity index (χ1n) is 7.76. The molecular formula is C17H28Cl2N2. The van der Waals surface area contributed by atoms with Crippen LogP contribution in [0, 0.1) is 0 Å². The molecule has 1 unspecified atom stereocenters. The molecule has 1 aromatic carbocycles. The normalized spacial score (nSPS) is 13.7. The number of benzene rings is 1. The molecule has 0 heterocycles. The van der Waals surface area contributed by atoms with Crippen LogP contribution in [0.3, 0.4) is 0 Å². The Morgan fingerprint density at radius 1 is 1.14 bits per heavy atom. The topological polar surface area (TPSA) is 15.3 Å². The van der Waals surface area contributed by atoms with Gasteiger partial charge in [0.25, 0.3) is 0 Å². The van der Waals surface area contributed by atoms with Crippen LogP contribution in [0.5, 0.6) is 0 Å². The second-order valence-corrected chi connectivity index (χ2v) is 6.60. The summed E-state index contributed by atoms with van der Waals surface area (Å²) in [7, 11) is 4.33. The van der Waals surface area contributed by atoms with E-state index < -0.39 is 0 Å². The van der Waals surface area contributed by atoms with Gasteiger partial charge in [0, 0.05) is 21.6 Å². The number of rotatable bonds is 8. The zero-order valence-electron chi connectivity index (χ0n) is 13.8. The molecule has 1 atom stereocenters. The van der Waals surface area contributed by atoms with E-state index in [-0.39, 0.29) is 5.54 Å². The van der Waals surface area contributed by atoms with Crippen LogP contribution in [0.4, 0.5) is 0 Å². The van der Waals surface area contributed by atoms with Gasteiger partial charge in [0.2, 0.25) is 0 Å². The summed E-state index contributed by atoms with van der Waals surface area (Å²) in [5.74, 6) is 0. The first-order chi connectivity index (χ1) is 9.91. The van der Waals surface area contributed by atoms with Gasteiger partial charge in [0.1, 0.15) is 0 Å². The van der Waals surface area contributed by atoms with E-state index in [4.69, 9.17) is 23.2 Å². The molecule has 0 aliphatic carbocycles. The Balaban J connectivity index is 3.10. The van der Waals surface area contributed by atoms with Gasteiger partial charge < -0.3 is 10.2 Å². The Morgan fingerprint density at radius 2 is 1.76 bits per heavy atom. The van der Waals surface area contributed by atoms with Crippen molar-refractivity contribution < 1.29 is 0 Å². The molecule has 0 spiro atoms. The molecule has 2 nitrogen and oxygen atoms in total. The van der Waals surface area contributed by atoms with Crippen molar-refractivity contribution in [3.63, 3.8) is 0 Å². The lowest BCUT2D eigenvalue weighted by Crippen LogP contribution is -2.59. The van der Waals surface area contributed by atoms with Gasteiger partial charge in [-0.25, -0.2) is 0 Å². The molecule has 0 aliphatic heterocycles. The maximum Gasteiger partial charge on any atom is 0.0453 e. The highest BCUT2D eigenvalue weighted by Gasteiger charge is 2.37. The first kappa shape index (κ1) is 18.8. The fourth-order valence-corrected chi connectivity index (χ4v) is 3.78. The molecule has 0 saturated heterocycles. The summed E-state index contributed by atoms with van der Waals surface area (Å²) in [4.78, 5) is 2.35. The van der Waals surface area contributed by atoms with Crippen LogP contribution in [-0.2, 0) is 6.42 Å². The largest absolute Gasteiger partial charge is 0.312 e. The molecule has 120 valence electrons. The maximum absolute atomic E-state index is 6.36. The third-order valence-corrected chi connectivity index (χ3v) is 5.24. The molecule has 1 aromatic rings. The Bertz CT molecular complexity index is 442. The smallest absolute Gasteiger partial charge is 0.0453 e. The summed E-state index contributed by atoms with van der Waals surface area (Å²) in [6.07, 6.45) is 3.10. The minimum absolute atomic E-state index is 0.124. The van der Waals surface area contributed by atoms with Crippen molar-refractivity contribution in [3.05, 3.63) is 33.8 Å². The minimum Gasteiger partial charge on any atom is -0.312 e. The molecule has 1 rings (SSSR count). The van der Waals surface area contributed by atoms with E-state index in [0.29, 0.717) is 11.1 Å². The monoisotopic (exact) mass is 330 g/mol. The predicted molar refractivity (Wildman–Crippen MR) is 94.6 cm³/mol. The molecule has 0 fully saturated rings. The van der Waals surface area contributed by atoms with Crippen LogP contribution in [0.2, 0.25) is 10.0 Å². The molecule has 4 heteroatoms. The zero-order valence-corrected chi connectivity index (χ0v) is 15.4. The van der Waals surface area contributed by atoms with Crippen molar-refractivity contribution in [1.29, 1.82) is 0 Å². The van der Waals surface area contributed by atoms with E-state index >= 15 is 0 Å². The number of hydrogen-bond acceptors (Lipinski definition) is 2. The number of halogens is 2. The molecule has 1 N–H and O–H groups in total. The van der Waals surface area contributed by atoms with Gasteiger partial charge in [-0.2, -0.15) is 0 Å². The van der Waals surface area contributed by atoms with Crippen molar-refractivity contribution in [2.45, 2.75) is 51.6 Å². The van der Waals surface area contributed by atoms with Crippen LogP contribution in [0.15, 0.2) is 18.2 Å². The van der Waals surface area contributed by atoms with Crippen LogP contribution in [0.1, 0.15) is 39.2 Å². The SMILES string of the molecule is CCNC(Cc1ccc(Cl)cc1Cl)C(CC)(CC)N(C)C. The van der Waals surface area contributed by atoms with Crippen molar-refractivity contribution in [2.75, 3.05) is 20.6 Å². The quantitative estimate of drug-likeness (QED) is 0.747. The van der Waals surface area contributed by atoms with Crippen molar-refractivity contribution in [3.8, 4) is 0 Å². The average molecular weight is 331 g/mol. The Labute approximate surface area is 139 Å². The predicted octanol–water partition coefficient (Wildman–Crippen LogP) is 4.63. The number of nitrogens with one attached hydrogen (secondary N) is 1. The first-order valence-corrected chi connectivity index (χ1v) is 8.51. The summed E-state index contributed by atoms with van der Waals surface area (Å²) in [5, 5.41) is 5.11. The van der Waals surface area contributed by atoms with Gasteiger partial charge in [0.15, 0.2) is 0 Å². The van der Waals surface area contributed by atoms with E-state index in [1.54, 1.807) is 0 Å². The van der Waals surface area contributed by atoms with E-state index in [1.165, 1.54) is 0 Å². The molecule has 0 radical (unpaired) electrons. The van der Waals surface area contributed by atoms with Gasteiger partial charge in [0.05, 0.1) is 0 Å². The van der Waals surface area contributed by atoms with Gasteiger partial charge in [-0.3, -0.25) is 0 Å². The Morgan fingerprint density at radius 3 is 2.19 bits per heavy atom. The summed E-state index contributed by atoms with van der Waals surface area (Å²) in [6, 6.07) is 6.14. The minimum atomic E-state index is 0.124. The Hall–Kier alpha value is -0.280. The summed E-state index contributed by atoms with van der Waals surface area (Å²) < 4.78 is 0. The molecule has 21 heavy (non-hydrogen) atoms. The van der Waals surface area contributed by atoms with Crippen LogP contribution in [0.25, 0.3) is 0 Å². The van der Waals surface area contributed by atoms with Crippen molar-refractivity contribution >= 4 is 23.2 Å². The van der Waals surface area contributed by atoms with E-state index in [2.05, 4.69) is 45.1 Å². The van der Waals surface area contributed by atoms with Crippen LogP contribution >= 0.6 is 23.2 Å². The molecule has 0 aliphatic rings. The summed E-state index contributed by atoms with van der Waals surface area (Å²) in [5.41, 5.74) is 1.28. The third-order valence-electron chi connectivity index (χ3n) is 4.65. The number of nitrogens with zero attached hydrogens (tertiary/aromatic N) is 1. The Kier molecular flexibility index (Phi) is 7.49. The highest BCUT2D eigenvalue weighted by atomic mass is 35.5. The van der Waals surface area contributed by atoms with Gasteiger partial charge >= 0.3 is 0 Å². The second-order valence-electron chi connectivity index (χ2n) is 5.76. The van der Waals surface area contributed by atoms with Gasteiger partial charge in [-0.05, 0) is 57.6 Å². The molecule has 0 bridgehead atoms. The molecule has 0 aromatic heterocycles. The number of likely N-dealkylation sites (N-methyl/N-ethyl adjacent to an activating group) is 2. The van der Waals surface area contributed by atoms with Crippen LogP contribution in [-0.4, -0.2) is 37.1 Å². The lowest BCUT2D eigenvalue weighted by molar-refractivity contribution is 0.0889. The van der Waals surface area contributed by atoms with Crippen molar-refractivity contribution in [1.82, 2.24) is 10.2 Å². The highest BCUT2D eigenvalue weighted by molar-refractivity contribution is 6.35. The fourth-order valence-electron chi connectivity index (χ4n) is 3.29. The summed E-state index contributed by atoms with van der Waals surface area (Å²) in [6.45, 7) is 7.63. The standard InChI is InChI=1S/C17H28Cl2N2/c1-6-17(7-2,21(4)5)16(20-8-3)11-13-9-10-14(18)12-15(13)19/h9-10,12,16,20H,6-8,11H2,1-5H3. The van der Waals surface area contributed by atoms with Crippen molar-refractivity contribution in [2.24, 2.45) is 0 Å². The lowest BCUT2D eigenvalue weighted by Gasteiger charge is -2.46. The maximum atomic E-state index is 6.36. The van der Waals surface area contributed by atoms with E-state index in [9.17, 15) is 0 Å². The third kappa shape index (κ3) is 4.35. The molecular weight excluding hydrogens is 303 g/mol. The lowest BCUT2D eigenvalue weighted by atomic mass is 9.80. The van der Waals surface area contributed by atoms with Crippen LogP contribution < -0.4 is 5.32 Å². The average Bonchev–Trinajstić information content (AvgIpc) is 2.43. The zero-order chi connectivity index (χ0) is 16.0. The fraction of sp³-hybridized carbons (Fsp3) is 0.647. The van der Waals surface area contributed by atoms with E-state index in [1.807, 2.05) is 18.2 Å².